The first-order valence-corrected chi connectivity index (χ1v) is 6.43. The highest BCUT2D eigenvalue weighted by Gasteiger charge is 2.25. The van der Waals surface area contributed by atoms with E-state index in [2.05, 4.69) is 12.2 Å². The first-order valence-electron chi connectivity index (χ1n) is 6.43. The summed E-state index contributed by atoms with van der Waals surface area (Å²) < 4.78 is 0. The SMILES string of the molecule is C[C@@H]1C=Cc2ccccc2N1C(=O)c1ccccc1. The lowest BCUT2D eigenvalue weighted by molar-refractivity contribution is 0.0982. The van der Waals surface area contributed by atoms with Crippen LogP contribution < -0.4 is 4.90 Å². The fraction of sp³-hybridized carbons (Fsp3) is 0.118. The lowest BCUT2D eigenvalue weighted by Crippen LogP contribution is -2.39. The molecular weight excluding hydrogens is 234 g/mol. The molecule has 0 N–H and O–H groups in total. The third-order valence-corrected chi connectivity index (χ3v) is 3.40. The summed E-state index contributed by atoms with van der Waals surface area (Å²) in [5.41, 5.74) is 2.79. The van der Waals surface area contributed by atoms with Gasteiger partial charge in [-0.3, -0.25) is 4.79 Å². The van der Waals surface area contributed by atoms with Gasteiger partial charge in [-0.2, -0.15) is 0 Å². The zero-order chi connectivity index (χ0) is 13.2. The van der Waals surface area contributed by atoms with E-state index in [-0.39, 0.29) is 11.9 Å². The van der Waals surface area contributed by atoms with Crippen molar-refractivity contribution in [1.82, 2.24) is 0 Å². The first-order chi connectivity index (χ1) is 9.27. The van der Waals surface area contributed by atoms with Gasteiger partial charge in [-0.25, -0.2) is 0 Å². The Hall–Kier alpha value is -2.35. The Kier molecular flexibility index (Phi) is 2.92. The normalized spacial score (nSPS) is 17.1. The monoisotopic (exact) mass is 249 g/mol. The van der Waals surface area contributed by atoms with Crippen LogP contribution in [-0.4, -0.2) is 11.9 Å². The van der Waals surface area contributed by atoms with E-state index in [1.54, 1.807) is 0 Å². The highest BCUT2D eigenvalue weighted by atomic mass is 16.2. The van der Waals surface area contributed by atoms with Crippen molar-refractivity contribution in [3.8, 4) is 0 Å². The second-order valence-electron chi connectivity index (χ2n) is 4.70. The molecule has 1 aliphatic rings. The van der Waals surface area contributed by atoms with Crippen LogP contribution in [0, 0.1) is 0 Å². The van der Waals surface area contributed by atoms with Crippen LogP contribution in [0.2, 0.25) is 0 Å². The number of para-hydroxylation sites is 1. The van der Waals surface area contributed by atoms with Crippen molar-refractivity contribution in [2.24, 2.45) is 0 Å². The van der Waals surface area contributed by atoms with Gasteiger partial charge < -0.3 is 4.90 Å². The number of carbonyl (C=O) groups excluding carboxylic acids is 1. The number of amides is 1. The van der Waals surface area contributed by atoms with Crippen molar-refractivity contribution >= 4 is 17.7 Å². The lowest BCUT2D eigenvalue weighted by Gasteiger charge is -2.31. The summed E-state index contributed by atoms with van der Waals surface area (Å²) in [5.74, 6) is 0.0462. The van der Waals surface area contributed by atoms with Crippen LogP contribution in [0.5, 0.6) is 0 Å². The number of benzene rings is 2. The Balaban J connectivity index is 2.05. The average Bonchev–Trinajstić information content (AvgIpc) is 2.47. The molecule has 2 aromatic rings. The summed E-state index contributed by atoms with van der Waals surface area (Å²) in [7, 11) is 0. The summed E-state index contributed by atoms with van der Waals surface area (Å²) in [6, 6.07) is 17.5. The molecule has 1 heterocycles. The third-order valence-electron chi connectivity index (χ3n) is 3.40. The minimum atomic E-state index is 0.0462. The topological polar surface area (TPSA) is 20.3 Å². The van der Waals surface area contributed by atoms with Gasteiger partial charge in [0, 0.05) is 5.56 Å². The molecule has 2 nitrogen and oxygen atoms in total. The van der Waals surface area contributed by atoms with Gasteiger partial charge in [0.2, 0.25) is 0 Å². The van der Waals surface area contributed by atoms with E-state index >= 15 is 0 Å². The number of hydrogen-bond acceptors (Lipinski definition) is 1. The smallest absolute Gasteiger partial charge is 0.258 e. The van der Waals surface area contributed by atoms with E-state index in [1.807, 2.05) is 66.4 Å². The minimum Gasteiger partial charge on any atom is -0.301 e. The molecule has 2 aromatic carbocycles. The number of rotatable bonds is 1. The van der Waals surface area contributed by atoms with Crippen molar-refractivity contribution in [2.45, 2.75) is 13.0 Å². The Morgan fingerprint density at radius 3 is 2.47 bits per heavy atom. The van der Waals surface area contributed by atoms with Gasteiger partial charge in [0.25, 0.3) is 5.91 Å². The molecule has 0 aliphatic carbocycles. The molecule has 0 spiro atoms. The Morgan fingerprint density at radius 1 is 1.00 bits per heavy atom. The zero-order valence-electron chi connectivity index (χ0n) is 10.8. The lowest BCUT2D eigenvalue weighted by atomic mass is 10.0. The number of fused-ring (bicyclic) bond motifs is 1. The minimum absolute atomic E-state index is 0.0462. The molecule has 19 heavy (non-hydrogen) atoms. The molecule has 0 radical (unpaired) electrons. The number of nitrogens with zero attached hydrogens (tertiary/aromatic N) is 1. The molecule has 1 aliphatic heterocycles. The molecule has 0 aromatic heterocycles. The number of hydrogen-bond donors (Lipinski definition) is 0. The first kappa shape index (κ1) is 11.7. The van der Waals surface area contributed by atoms with E-state index in [1.165, 1.54) is 0 Å². The highest BCUT2D eigenvalue weighted by molar-refractivity contribution is 6.08. The summed E-state index contributed by atoms with van der Waals surface area (Å²) >= 11 is 0. The van der Waals surface area contributed by atoms with Crippen LogP contribution >= 0.6 is 0 Å². The summed E-state index contributed by atoms with van der Waals surface area (Å²) in [4.78, 5) is 14.5. The second-order valence-corrected chi connectivity index (χ2v) is 4.70. The molecule has 2 heteroatoms. The molecule has 0 unspecified atom stereocenters. The molecule has 94 valence electrons. The summed E-state index contributed by atoms with van der Waals surface area (Å²) in [6.45, 7) is 2.04. The van der Waals surface area contributed by atoms with Gasteiger partial charge in [-0.1, -0.05) is 48.6 Å². The number of anilines is 1. The third kappa shape index (κ3) is 2.06. The Morgan fingerprint density at radius 2 is 1.68 bits per heavy atom. The van der Waals surface area contributed by atoms with Crippen LogP contribution in [-0.2, 0) is 0 Å². The van der Waals surface area contributed by atoms with Crippen molar-refractivity contribution in [3.05, 3.63) is 71.8 Å². The van der Waals surface area contributed by atoms with E-state index in [9.17, 15) is 4.79 Å². The average molecular weight is 249 g/mol. The van der Waals surface area contributed by atoms with Gasteiger partial charge in [0.15, 0.2) is 0 Å². The van der Waals surface area contributed by atoms with Crippen LogP contribution in [0.4, 0.5) is 5.69 Å². The van der Waals surface area contributed by atoms with Crippen LogP contribution in [0.1, 0.15) is 22.8 Å². The van der Waals surface area contributed by atoms with Crippen molar-refractivity contribution in [2.75, 3.05) is 4.90 Å². The maximum Gasteiger partial charge on any atom is 0.258 e. The molecule has 0 saturated heterocycles. The van der Waals surface area contributed by atoms with Crippen LogP contribution in [0.3, 0.4) is 0 Å². The Labute approximate surface area is 113 Å². The number of carbonyl (C=O) groups is 1. The van der Waals surface area contributed by atoms with Gasteiger partial charge in [-0.05, 0) is 30.7 Å². The molecule has 3 rings (SSSR count). The van der Waals surface area contributed by atoms with E-state index in [4.69, 9.17) is 0 Å². The van der Waals surface area contributed by atoms with Crippen molar-refractivity contribution in [1.29, 1.82) is 0 Å². The van der Waals surface area contributed by atoms with Gasteiger partial charge >= 0.3 is 0 Å². The van der Waals surface area contributed by atoms with E-state index in [0.29, 0.717) is 0 Å². The fourth-order valence-corrected chi connectivity index (χ4v) is 2.41. The molecule has 0 bridgehead atoms. The maximum absolute atomic E-state index is 12.7. The maximum atomic E-state index is 12.7. The van der Waals surface area contributed by atoms with Crippen LogP contribution in [0.15, 0.2) is 60.7 Å². The molecular formula is C17H15NO. The standard InChI is InChI=1S/C17H15NO/c1-13-11-12-14-7-5-6-10-16(14)18(13)17(19)15-8-3-2-4-9-15/h2-13H,1H3/t13-/m1/s1. The Bertz CT molecular complexity index is 631. The molecule has 1 atom stereocenters. The van der Waals surface area contributed by atoms with E-state index in [0.717, 1.165) is 16.8 Å². The van der Waals surface area contributed by atoms with Crippen LogP contribution in [0.25, 0.3) is 6.08 Å². The van der Waals surface area contributed by atoms with E-state index < -0.39 is 0 Å². The highest BCUT2D eigenvalue weighted by Crippen LogP contribution is 2.29. The fourth-order valence-electron chi connectivity index (χ4n) is 2.41. The van der Waals surface area contributed by atoms with Gasteiger partial charge in [0.05, 0.1) is 11.7 Å². The summed E-state index contributed by atoms with van der Waals surface area (Å²) in [5, 5.41) is 0. The predicted octanol–water partition coefficient (Wildman–Crippen LogP) is 3.75. The zero-order valence-corrected chi connectivity index (χ0v) is 10.8. The predicted molar refractivity (Wildman–Crippen MR) is 78.2 cm³/mol. The molecule has 1 amide bonds. The molecule has 0 fully saturated rings. The quantitative estimate of drug-likeness (QED) is 0.753. The molecule has 0 saturated carbocycles. The largest absolute Gasteiger partial charge is 0.301 e. The van der Waals surface area contributed by atoms with Gasteiger partial charge in [0.1, 0.15) is 0 Å². The van der Waals surface area contributed by atoms with Crippen molar-refractivity contribution < 1.29 is 4.79 Å². The van der Waals surface area contributed by atoms with Crippen molar-refractivity contribution in [3.63, 3.8) is 0 Å². The summed E-state index contributed by atoms with van der Waals surface area (Å²) in [6.07, 6.45) is 4.14. The second kappa shape index (κ2) is 4.73. The van der Waals surface area contributed by atoms with Gasteiger partial charge in [-0.15, -0.1) is 0 Å².